The minimum absolute atomic E-state index is 0.0854. The van der Waals surface area contributed by atoms with Gasteiger partial charge in [-0.2, -0.15) is 0 Å². The van der Waals surface area contributed by atoms with E-state index in [0.29, 0.717) is 30.0 Å². The first-order chi connectivity index (χ1) is 11.2. The van der Waals surface area contributed by atoms with Gasteiger partial charge in [0.1, 0.15) is 17.8 Å². The average molecular weight is 311 g/mol. The fourth-order valence-electron chi connectivity index (χ4n) is 2.78. The fourth-order valence-corrected chi connectivity index (χ4v) is 2.78. The second-order valence-corrected chi connectivity index (χ2v) is 5.38. The summed E-state index contributed by atoms with van der Waals surface area (Å²) in [6, 6.07) is 10.9. The monoisotopic (exact) mass is 311 g/mol. The van der Waals surface area contributed by atoms with Crippen LogP contribution in [0.4, 0.5) is 0 Å². The number of rotatable bonds is 5. The van der Waals surface area contributed by atoms with Crippen LogP contribution < -0.4 is 9.47 Å². The van der Waals surface area contributed by atoms with E-state index in [2.05, 4.69) is 0 Å². The highest BCUT2D eigenvalue weighted by Gasteiger charge is 2.30. The molecule has 1 aliphatic rings. The summed E-state index contributed by atoms with van der Waals surface area (Å²) in [4.78, 5) is 25.4. The van der Waals surface area contributed by atoms with Crippen molar-refractivity contribution in [2.45, 2.75) is 13.1 Å². The molecule has 0 aromatic heterocycles. The van der Waals surface area contributed by atoms with Crippen LogP contribution in [0.25, 0.3) is 0 Å². The van der Waals surface area contributed by atoms with Crippen molar-refractivity contribution in [3.8, 4) is 11.5 Å². The normalized spacial score (nSPS) is 13.0. The van der Waals surface area contributed by atoms with Crippen molar-refractivity contribution in [1.82, 2.24) is 4.90 Å². The largest absolute Gasteiger partial charge is 0.497 e. The molecule has 118 valence electrons. The molecule has 0 saturated heterocycles. The minimum atomic E-state index is -0.0854. The summed E-state index contributed by atoms with van der Waals surface area (Å²) in [5, 5.41) is 0. The van der Waals surface area contributed by atoms with Crippen molar-refractivity contribution in [3.63, 3.8) is 0 Å². The maximum absolute atomic E-state index is 12.6. The van der Waals surface area contributed by atoms with E-state index in [9.17, 15) is 9.59 Å². The molecule has 0 bridgehead atoms. The van der Waals surface area contributed by atoms with Crippen LogP contribution >= 0.6 is 0 Å². The lowest BCUT2D eigenvalue weighted by Gasteiger charge is -2.16. The van der Waals surface area contributed by atoms with E-state index in [1.54, 1.807) is 31.3 Å². The number of methoxy groups -OCH3 is 2. The van der Waals surface area contributed by atoms with Crippen molar-refractivity contribution < 1.29 is 19.1 Å². The molecule has 2 aromatic carbocycles. The highest BCUT2D eigenvalue weighted by Crippen LogP contribution is 2.33. The van der Waals surface area contributed by atoms with E-state index in [1.165, 1.54) is 0 Å². The first kappa shape index (κ1) is 15.1. The fraction of sp³-hybridized carbons (Fsp3) is 0.222. The molecule has 0 N–H and O–H groups in total. The van der Waals surface area contributed by atoms with E-state index < -0.39 is 0 Å². The van der Waals surface area contributed by atoms with Gasteiger partial charge in [-0.1, -0.05) is 12.1 Å². The van der Waals surface area contributed by atoms with E-state index in [1.807, 2.05) is 24.3 Å². The maximum Gasteiger partial charge on any atom is 0.254 e. The number of carbonyl (C=O) groups excluding carboxylic acids is 2. The van der Waals surface area contributed by atoms with E-state index in [4.69, 9.17) is 9.47 Å². The Bertz CT molecular complexity index is 752. The van der Waals surface area contributed by atoms with Crippen molar-refractivity contribution in [2.75, 3.05) is 14.2 Å². The van der Waals surface area contributed by atoms with E-state index >= 15 is 0 Å². The van der Waals surface area contributed by atoms with Gasteiger partial charge in [0, 0.05) is 23.2 Å². The SMILES string of the molecule is COc1ccc(CN2Cc3c(OC)cc(C=O)cc3C2=O)cc1. The second-order valence-electron chi connectivity index (χ2n) is 5.38. The molecule has 5 heteroatoms. The zero-order chi connectivity index (χ0) is 16.4. The standard InChI is InChI=1S/C18H17NO4/c1-22-14-5-3-12(4-6-14)9-19-10-16-15(18(19)21)7-13(11-20)8-17(16)23-2/h3-8,11H,9-10H2,1-2H3. The molecule has 1 heterocycles. The summed E-state index contributed by atoms with van der Waals surface area (Å²) in [6.07, 6.45) is 0.724. The number of nitrogens with zero attached hydrogens (tertiary/aromatic N) is 1. The zero-order valence-corrected chi connectivity index (χ0v) is 13.0. The Balaban J connectivity index is 1.86. The molecule has 23 heavy (non-hydrogen) atoms. The average Bonchev–Trinajstić information content (AvgIpc) is 2.91. The highest BCUT2D eigenvalue weighted by molar-refractivity contribution is 6.00. The number of ether oxygens (including phenoxy) is 2. The van der Waals surface area contributed by atoms with Gasteiger partial charge < -0.3 is 14.4 Å². The van der Waals surface area contributed by atoms with Crippen LogP contribution in [0, 0.1) is 0 Å². The predicted molar refractivity (Wildman–Crippen MR) is 85.0 cm³/mol. The summed E-state index contributed by atoms with van der Waals surface area (Å²) in [5.74, 6) is 1.27. The molecule has 1 aliphatic heterocycles. The quantitative estimate of drug-likeness (QED) is 0.797. The molecule has 0 unspecified atom stereocenters. The number of carbonyl (C=O) groups is 2. The lowest BCUT2D eigenvalue weighted by Crippen LogP contribution is -2.23. The first-order valence-electron chi connectivity index (χ1n) is 7.24. The smallest absolute Gasteiger partial charge is 0.254 e. The van der Waals surface area contributed by atoms with Gasteiger partial charge in [0.25, 0.3) is 5.91 Å². The Morgan fingerprint density at radius 2 is 1.87 bits per heavy atom. The van der Waals surface area contributed by atoms with Gasteiger partial charge in [-0.3, -0.25) is 9.59 Å². The van der Waals surface area contributed by atoms with Crippen molar-refractivity contribution in [3.05, 3.63) is 58.7 Å². The van der Waals surface area contributed by atoms with Gasteiger partial charge in [0.2, 0.25) is 0 Å². The molecular formula is C18H17NO4. The molecule has 0 atom stereocenters. The van der Waals surface area contributed by atoms with Crippen LogP contribution in [0.2, 0.25) is 0 Å². The molecule has 0 saturated carbocycles. The van der Waals surface area contributed by atoms with Gasteiger partial charge in [0.15, 0.2) is 0 Å². The highest BCUT2D eigenvalue weighted by atomic mass is 16.5. The molecule has 0 aliphatic carbocycles. The van der Waals surface area contributed by atoms with Gasteiger partial charge in [0.05, 0.1) is 20.8 Å². The maximum atomic E-state index is 12.6. The van der Waals surface area contributed by atoms with E-state index in [-0.39, 0.29) is 5.91 Å². The summed E-state index contributed by atoms with van der Waals surface area (Å²) in [7, 11) is 3.16. The van der Waals surface area contributed by atoms with Crippen LogP contribution in [0.5, 0.6) is 11.5 Å². The molecular weight excluding hydrogens is 294 g/mol. The van der Waals surface area contributed by atoms with Crippen LogP contribution in [-0.4, -0.2) is 31.3 Å². The first-order valence-corrected chi connectivity index (χ1v) is 7.24. The Hall–Kier alpha value is -2.82. The van der Waals surface area contributed by atoms with Crippen LogP contribution in [0.1, 0.15) is 31.8 Å². The lowest BCUT2D eigenvalue weighted by atomic mass is 10.1. The lowest BCUT2D eigenvalue weighted by molar-refractivity contribution is 0.0766. The van der Waals surface area contributed by atoms with Crippen LogP contribution in [0.15, 0.2) is 36.4 Å². The predicted octanol–water partition coefficient (Wildman–Crippen LogP) is 2.67. The summed E-state index contributed by atoms with van der Waals surface area (Å²) in [6.45, 7) is 0.972. The van der Waals surface area contributed by atoms with E-state index in [0.717, 1.165) is 23.2 Å². The molecule has 0 radical (unpaired) electrons. The Labute approximate surface area is 134 Å². The summed E-state index contributed by atoms with van der Waals surface area (Å²) >= 11 is 0. The van der Waals surface area contributed by atoms with Crippen LogP contribution in [-0.2, 0) is 13.1 Å². The topological polar surface area (TPSA) is 55.8 Å². The van der Waals surface area contributed by atoms with Crippen molar-refractivity contribution >= 4 is 12.2 Å². The number of fused-ring (bicyclic) bond motifs is 1. The van der Waals surface area contributed by atoms with Gasteiger partial charge in [-0.05, 0) is 29.8 Å². The Morgan fingerprint density at radius 3 is 2.48 bits per heavy atom. The number of aldehydes is 1. The Kier molecular flexibility index (Phi) is 4.02. The third-order valence-electron chi connectivity index (χ3n) is 3.99. The second kappa shape index (κ2) is 6.12. The molecule has 1 amide bonds. The van der Waals surface area contributed by atoms with Gasteiger partial charge in [-0.25, -0.2) is 0 Å². The molecule has 2 aromatic rings. The third-order valence-corrected chi connectivity index (χ3v) is 3.99. The molecule has 5 nitrogen and oxygen atoms in total. The van der Waals surface area contributed by atoms with Gasteiger partial charge >= 0.3 is 0 Å². The van der Waals surface area contributed by atoms with Crippen molar-refractivity contribution in [2.24, 2.45) is 0 Å². The molecule has 0 fully saturated rings. The number of hydrogen-bond acceptors (Lipinski definition) is 4. The number of benzene rings is 2. The summed E-state index contributed by atoms with van der Waals surface area (Å²) < 4.78 is 10.5. The van der Waals surface area contributed by atoms with Crippen molar-refractivity contribution in [1.29, 1.82) is 0 Å². The minimum Gasteiger partial charge on any atom is -0.497 e. The van der Waals surface area contributed by atoms with Gasteiger partial charge in [-0.15, -0.1) is 0 Å². The Morgan fingerprint density at radius 1 is 1.13 bits per heavy atom. The third kappa shape index (κ3) is 2.77. The molecule has 3 rings (SSSR count). The number of hydrogen-bond donors (Lipinski definition) is 0. The zero-order valence-electron chi connectivity index (χ0n) is 13.0. The summed E-state index contributed by atoms with van der Waals surface area (Å²) in [5.41, 5.74) is 2.83. The number of amides is 1. The molecule has 0 spiro atoms. The van der Waals surface area contributed by atoms with Crippen LogP contribution in [0.3, 0.4) is 0 Å².